The number of nitrogens with zero attached hydrogens (tertiary/aromatic N) is 3. The van der Waals surface area contributed by atoms with Gasteiger partial charge in [-0.25, -0.2) is 22.8 Å². The van der Waals surface area contributed by atoms with Gasteiger partial charge in [-0.3, -0.25) is 0 Å². The van der Waals surface area contributed by atoms with Crippen LogP contribution in [0.15, 0.2) is 66.1 Å². The van der Waals surface area contributed by atoms with Crippen molar-refractivity contribution in [2.45, 2.75) is 17.9 Å². The van der Waals surface area contributed by atoms with Crippen LogP contribution in [0.1, 0.15) is 18.5 Å². The number of ether oxygens (including phenoxy) is 1. The number of hydrogen-bond donors (Lipinski definition) is 1. The number of rotatable bonds is 6. The molecule has 25 heavy (non-hydrogen) atoms. The van der Waals surface area contributed by atoms with Crippen LogP contribution in [0.5, 0.6) is 5.75 Å². The molecule has 0 bridgehead atoms. The third-order valence-electron chi connectivity index (χ3n) is 3.78. The Labute approximate surface area is 146 Å². The second-order valence-corrected chi connectivity index (χ2v) is 7.16. The summed E-state index contributed by atoms with van der Waals surface area (Å²) >= 11 is 0. The molecule has 0 spiro atoms. The van der Waals surface area contributed by atoms with Gasteiger partial charge in [0.05, 0.1) is 17.7 Å². The molecule has 1 aromatic heterocycles. The normalized spacial score (nSPS) is 12.7. The maximum Gasteiger partial charge on any atom is 0.241 e. The average Bonchev–Trinajstić information content (AvgIpc) is 3.16. The molecule has 0 fully saturated rings. The van der Waals surface area contributed by atoms with E-state index in [1.54, 1.807) is 30.1 Å². The van der Waals surface area contributed by atoms with Crippen molar-refractivity contribution in [2.75, 3.05) is 7.11 Å². The number of benzene rings is 2. The molecule has 3 aromatic rings. The molecule has 3 rings (SSSR count). The summed E-state index contributed by atoms with van der Waals surface area (Å²) in [6.07, 6.45) is 3.06. The first-order valence-corrected chi connectivity index (χ1v) is 9.09. The number of hydrogen-bond acceptors (Lipinski definition) is 5. The molecule has 0 aliphatic carbocycles. The maximum absolute atomic E-state index is 12.5. The van der Waals surface area contributed by atoms with E-state index >= 15 is 0 Å². The van der Waals surface area contributed by atoms with E-state index in [4.69, 9.17) is 4.74 Å². The van der Waals surface area contributed by atoms with Crippen LogP contribution in [-0.2, 0) is 10.0 Å². The zero-order valence-corrected chi connectivity index (χ0v) is 14.6. The third kappa shape index (κ3) is 3.86. The fraction of sp³-hybridized carbons (Fsp3) is 0.176. The topological polar surface area (TPSA) is 86.1 Å². The summed E-state index contributed by atoms with van der Waals surface area (Å²) in [6, 6.07) is 13.3. The Morgan fingerprint density at radius 3 is 2.32 bits per heavy atom. The Kier molecular flexibility index (Phi) is 4.82. The second kappa shape index (κ2) is 7.04. The zero-order chi connectivity index (χ0) is 17.9. The first kappa shape index (κ1) is 17.1. The fourth-order valence-corrected chi connectivity index (χ4v) is 3.61. The summed E-state index contributed by atoms with van der Waals surface area (Å²) in [5.41, 5.74) is 1.70. The SMILES string of the molecule is COc1ccc(S(=O)(=O)NC(C)c2ccc(-n3cncn3)cc2)cc1. The molecule has 0 amide bonds. The Morgan fingerprint density at radius 2 is 1.76 bits per heavy atom. The van der Waals surface area contributed by atoms with Crippen molar-refractivity contribution in [1.29, 1.82) is 0 Å². The fourth-order valence-electron chi connectivity index (χ4n) is 2.38. The van der Waals surface area contributed by atoms with Crippen molar-refractivity contribution in [3.63, 3.8) is 0 Å². The van der Waals surface area contributed by atoms with Crippen molar-refractivity contribution in [3.05, 3.63) is 66.7 Å². The van der Waals surface area contributed by atoms with Gasteiger partial charge in [-0.15, -0.1) is 0 Å². The van der Waals surface area contributed by atoms with Crippen molar-refractivity contribution in [2.24, 2.45) is 0 Å². The Balaban J connectivity index is 1.75. The predicted octanol–water partition coefficient (Wildman–Crippen LogP) is 2.32. The van der Waals surface area contributed by atoms with E-state index in [1.165, 1.54) is 25.6 Å². The second-order valence-electron chi connectivity index (χ2n) is 5.45. The lowest BCUT2D eigenvalue weighted by Gasteiger charge is -2.15. The van der Waals surface area contributed by atoms with E-state index in [0.29, 0.717) is 5.75 Å². The number of nitrogens with one attached hydrogen (secondary N) is 1. The summed E-state index contributed by atoms with van der Waals surface area (Å²) in [4.78, 5) is 4.10. The van der Waals surface area contributed by atoms with Gasteiger partial charge in [0.2, 0.25) is 10.0 Å². The minimum Gasteiger partial charge on any atom is -0.497 e. The molecule has 0 aliphatic rings. The Bertz CT molecular complexity index is 921. The largest absolute Gasteiger partial charge is 0.497 e. The standard InChI is InChI=1S/C17H18N4O3S/c1-13(14-3-5-15(6-4-14)21-12-18-11-19-21)20-25(22,23)17-9-7-16(24-2)8-10-17/h3-13,20H,1-2H3. The molecule has 0 radical (unpaired) electrons. The van der Waals surface area contributed by atoms with Crippen LogP contribution in [0.2, 0.25) is 0 Å². The van der Waals surface area contributed by atoms with Crippen molar-refractivity contribution in [3.8, 4) is 11.4 Å². The highest BCUT2D eigenvalue weighted by Crippen LogP contribution is 2.20. The molecule has 130 valence electrons. The predicted molar refractivity (Wildman–Crippen MR) is 93.1 cm³/mol. The van der Waals surface area contributed by atoms with E-state index in [2.05, 4.69) is 14.8 Å². The third-order valence-corrected chi connectivity index (χ3v) is 5.33. The van der Waals surface area contributed by atoms with Crippen LogP contribution in [0, 0.1) is 0 Å². The molecule has 1 N–H and O–H groups in total. The van der Waals surface area contributed by atoms with Crippen LogP contribution in [0.25, 0.3) is 5.69 Å². The molecule has 2 aromatic carbocycles. The highest BCUT2D eigenvalue weighted by atomic mass is 32.2. The van der Waals surface area contributed by atoms with Gasteiger partial charge in [0.1, 0.15) is 18.4 Å². The molecular weight excluding hydrogens is 340 g/mol. The molecule has 0 saturated heterocycles. The zero-order valence-electron chi connectivity index (χ0n) is 13.8. The monoisotopic (exact) mass is 358 g/mol. The van der Waals surface area contributed by atoms with Gasteiger partial charge in [0.15, 0.2) is 0 Å². The molecule has 0 saturated carbocycles. The number of sulfonamides is 1. The van der Waals surface area contributed by atoms with Gasteiger partial charge >= 0.3 is 0 Å². The van der Waals surface area contributed by atoms with E-state index < -0.39 is 10.0 Å². The van der Waals surface area contributed by atoms with Gasteiger partial charge < -0.3 is 4.74 Å². The van der Waals surface area contributed by atoms with Gasteiger partial charge in [-0.05, 0) is 48.9 Å². The first-order valence-electron chi connectivity index (χ1n) is 7.61. The summed E-state index contributed by atoms with van der Waals surface area (Å²) in [7, 11) is -2.08. The van der Waals surface area contributed by atoms with Crippen molar-refractivity contribution < 1.29 is 13.2 Å². The van der Waals surface area contributed by atoms with Crippen LogP contribution in [0.3, 0.4) is 0 Å². The lowest BCUT2D eigenvalue weighted by atomic mass is 10.1. The lowest BCUT2D eigenvalue weighted by Crippen LogP contribution is -2.26. The average molecular weight is 358 g/mol. The van der Waals surface area contributed by atoms with Crippen LogP contribution >= 0.6 is 0 Å². The van der Waals surface area contributed by atoms with E-state index in [-0.39, 0.29) is 10.9 Å². The molecule has 1 heterocycles. The van der Waals surface area contributed by atoms with Gasteiger partial charge in [-0.1, -0.05) is 12.1 Å². The van der Waals surface area contributed by atoms with Gasteiger partial charge in [0, 0.05) is 6.04 Å². The smallest absolute Gasteiger partial charge is 0.241 e. The molecule has 8 heteroatoms. The molecule has 1 atom stereocenters. The Hall–Kier alpha value is -2.71. The van der Waals surface area contributed by atoms with Crippen LogP contribution in [0.4, 0.5) is 0 Å². The Morgan fingerprint density at radius 1 is 1.08 bits per heavy atom. The molecule has 0 aliphatic heterocycles. The molecule has 1 unspecified atom stereocenters. The molecule has 7 nitrogen and oxygen atoms in total. The minimum atomic E-state index is -3.62. The van der Waals surface area contributed by atoms with Crippen LogP contribution < -0.4 is 9.46 Å². The summed E-state index contributed by atoms with van der Waals surface area (Å²) in [5.74, 6) is 0.607. The van der Waals surface area contributed by atoms with Crippen molar-refractivity contribution in [1.82, 2.24) is 19.5 Å². The quantitative estimate of drug-likeness (QED) is 0.731. The van der Waals surface area contributed by atoms with Gasteiger partial charge in [-0.2, -0.15) is 5.10 Å². The summed E-state index contributed by atoms with van der Waals surface area (Å²) in [6.45, 7) is 1.80. The first-order chi connectivity index (χ1) is 12.0. The minimum absolute atomic E-state index is 0.194. The highest BCUT2D eigenvalue weighted by Gasteiger charge is 2.18. The van der Waals surface area contributed by atoms with Gasteiger partial charge in [0.25, 0.3) is 0 Å². The lowest BCUT2D eigenvalue weighted by molar-refractivity contribution is 0.414. The van der Waals surface area contributed by atoms with E-state index in [0.717, 1.165) is 11.3 Å². The van der Waals surface area contributed by atoms with Crippen molar-refractivity contribution >= 4 is 10.0 Å². The maximum atomic E-state index is 12.5. The highest BCUT2D eigenvalue weighted by molar-refractivity contribution is 7.89. The number of aromatic nitrogens is 3. The number of methoxy groups -OCH3 is 1. The summed E-state index contributed by atoms with van der Waals surface area (Å²) < 4.78 is 34.3. The van der Waals surface area contributed by atoms with E-state index in [1.807, 2.05) is 24.3 Å². The van der Waals surface area contributed by atoms with E-state index in [9.17, 15) is 8.42 Å². The molecular formula is C17H18N4O3S. The van der Waals surface area contributed by atoms with Crippen LogP contribution in [-0.4, -0.2) is 30.3 Å². The summed E-state index contributed by atoms with van der Waals surface area (Å²) in [5, 5.41) is 4.06.